The Bertz CT molecular complexity index is 1650. The van der Waals surface area contributed by atoms with E-state index in [4.69, 9.17) is 0 Å². The number of imide groups is 2. The molecule has 0 spiro atoms. The van der Waals surface area contributed by atoms with Crippen LogP contribution in [0.5, 0.6) is 0 Å². The summed E-state index contributed by atoms with van der Waals surface area (Å²) in [6, 6.07) is 14.8. The zero-order chi connectivity index (χ0) is 37.9. The van der Waals surface area contributed by atoms with E-state index in [9.17, 15) is 28.8 Å². The largest absolute Gasteiger partial charge is 0.326 e. The Morgan fingerprint density at radius 3 is 1.30 bits per heavy atom. The smallest absolute Gasteiger partial charge is 0.233 e. The van der Waals surface area contributed by atoms with Gasteiger partial charge in [0.05, 0.1) is 35.5 Å². The molecule has 6 amide bonds. The molecule has 288 valence electrons. The molecule has 2 aromatic carbocycles. The van der Waals surface area contributed by atoms with Gasteiger partial charge in [0.1, 0.15) is 0 Å². The molecule has 54 heavy (non-hydrogen) atoms. The molecule has 10 nitrogen and oxygen atoms in total. The number of fused-ring (bicyclic) bond motifs is 2. The molecule has 0 radical (unpaired) electrons. The first-order chi connectivity index (χ1) is 26.1. The number of carbonyl (C=O) groups excluding carboxylic acids is 6. The lowest BCUT2D eigenvalue weighted by Crippen LogP contribution is -2.38. The molecular weight excluding hydrogens is 816 g/mol. The van der Waals surface area contributed by atoms with Crippen LogP contribution in [0.1, 0.15) is 89.9 Å². The third-order valence-electron chi connectivity index (χ3n) is 12.8. The molecule has 2 aromatic rings. The van der Waals surface area contributed by atoms with E-state index in [2.05, 4.69) is 42.5 Å². The summed E-state index contributed by atoms with van der Waals surface area (Å²) in [5.74, 6) is -2.18. The van der Waals surface area contributed by atoms with Crippen LogP contribution in [0.3, 0.4) is 0 Å². The van der Waals surface area contributed by atoms with Crippen molar-refractivity contribution in [2.45, 2.75) is 89.9 Å². The van der Waals surface area contributed by atoms with E-state index in [1.807, 2.05) is 48.5 Å². The van der Waals surface area contributed by atoms with Crippen LogP contribution in [0.25, 0.3) is 0 Å². The molecule has 6 fully saturated rings. The molecule has 0 aromatic heterocycles. The van der Waals surface area contributed by atoms with Gasteiger partial charge in [0.2, 0.25) is 35.4 Å². The maximum atomic E-state index is 13.0. The van der Waals surface area contributed by atoms with Crippen LogP contribution in [0.15, 0.2) is 57.5 Å². The van der Waals surface area contributed by atoms with Crippen molar-refractivity contribution in [3.05, 3.63) is 57.5 Å². The Balaban J connectivity index is 0.000000167. The Hall–Kier alpha value is -3.38. The van der Waals surface area contributed by atoms with Gasteiger partial charge in [0.15, 0.2) is 0 Å². The molecule has 0 unspecified atom stereocenters. The fourth-order valence-electron chi connectivity index (χ4n) is 10.0. The Morgan fingerprint density at radius 2 is 0.926 bits per heavy atom. The van der Waals surface area contributed by atoms with Crippen LogP contribution in [-0.2, 0) is 28.8 Å². The monoisotopic (exact) mass is 864 g/mol. The highest BCUT2D eigenvalue weighted by Crippen LogP contribution is 2.46. The summed E-state index contributed by atoms with van der Waals surface area (Å²) in [5, 5.41) is 5.84. The minimum absolute atomic E-state index is 0.0478. The molecule has 0 bridgehead atoms. The first-order valence-electron chi connectivity index (χ1n) is 19.9. The summed E-state index contributed by atoms with van der Waals surface area (Å²) in [7, 11) is 0. The molecule has 2 saturated heterocycles. The van der Waals surface area contributed by atoms with Crippen molar-refractivity contribution in [2.24, 2.45) is 47.3 Å². The molecule has 6 aliphatic rings. The summed E-state index contributed by atoms with van der Waals surface area (Å²) in [6.45, 7) is 1.09. The second kappa shape index (κ2) is 17.2. The number of likely N-dealkylation sites (tertiary alicyclic amines) is 2. The van der Waals surface area contributed by atoms with Crippen molar-refractivity contribution in [2.75, 3.05) is 23.7 Å². The van der Waals surface area contributed by atoms with E-state index in [0.717, 1.165) is 34.6 Å². The Kier molecular flexibility index (Phi) is 12.4. The standard InChI is InChI=1S/2C21H25BrN2O3/c2*22-14-7-4-8-15(11-14)23-19(25)16-9-10-17-18(16)21(27)24(20(17)26)12-13-5-2-1-3-6-13/h2*4,7-8,11,13,16-18H,1-3,5-6,9-10,12H2,(H,23,25)/t2*16-,17+,18-/m10/s1. The van der Waals surface area contributed by atoms with E-state index in [1.54, 1.807) is 0 Å². The van der Waals surface area contributed by atoms with Crippen LogP contribution in [-0.4, -0.2) is 58.3 Å². The fraction of sp³-hybridized carbons (Fsp3) is 0.571. The van der Waals surface area contributed by atoms with Crippen molar-refractivity contribution < 1.29 is 28.8 Å². The van der Waals surface area contributed by atoms with Gasteiger partial charge in [-0.2, -0.15) is 0 Å². The summed E-state index contributed by atoms with van der Waals surface area (Å²) in [4.78, 5) is 80.2. The second-order valence-electron chi connectivity index (χ2n) is 16.2. The number of halogens is 2. The number of carbonyl (C=O) groups is 6. The number of hydrogen-bond acceptors (Lipinski definition) is 6. The summed E-state index contributed by atoms with van der Waals surface area (Å²) < 4.78 is 1.77. The average Bonchev–Trinajstić information content (AvgIpc) is 3.91. The molecule has 4 saturated carbocycles. The van der Waals surface area contributed by atoms with Gasteiger partial charge in [0, 0.05) is 33.4 Å². The number of nitrogens with zero attached hydrogens (tertiary/aromatic N) is 2. The minimum Gasteiger partial charge on any atom is -0.326 e. The minimum atomic E-state index is -0.478. The molecule has 4 aliphatic carbocycles. The third-order valence-corrected chi connectivity index (χ3v) is 13.8. The van der Waals surface area contributed by atoms with Gasteiger partial charge >= 0.3 is 0 Å². The Morgan fingerprint density at radius 1 is 0.537 bits per heavy atom. The molecule has 2 aliphatic heterocycles. The normalized spacial score (nSPS) is 28.5. The van der Waals surface area contributed by atoms with Crippen molar-refractivity contribution in [1.82, 2.24) is 9.80 Å². The van der Waals surface area contributed by atoms with Gasteiger partial charge in [-0.15, -0.1) is 0 Å². The van der Waals surface area contributed by atoms with E-state index in [0.29, 0.717) is 62.0 Å². The van der Waals surface area contributed by atoms with E-state index in [1.165, 1.54) is 48.3 Å². The maximum absolute atomic E-state index is 13.0. The average molecular weight is 867 g/mol. The van der Waals surface area contributed by atoms with Crippen LogP contribution in [0.4, 0.5) is 11.4 Å². The summed E-state index contributed by atoms with van der Waals surface area (Å²) >= 11 is 6.79. The quantitative estimate of drug-likeness (QED) is 0.259. The number of benzene rings is 2. The van der Waals surface area contributed by atoms with Gasteiger partial charge in [0.25, 0.3) is 0 Å². The van der Waals surface area contributed by atoms with Crippen molar-refractivity contribution in [3.8, 4) is 0 Å². The molecule has 6 atom stereocenters. The highest BCUT2D eigenvalue weighted by Gasteiger charge is 2.57. The highest BCUT2D eigenvalue weighted by molar-refractivity contribution is 9.10. The summed E-state index contributed by atoms with van der Waals surface area (Å²) in [6.07, 6.45) is 14.1. The molecule has 12 heteroatoms. The number of hydrogen-bond donors (Lipinski definition) is 2. The van der Waals surface area contributed by atoms with Crippen LogP contribution < -0.4 is 10.6 Å². The number of amides is 6. The lowest BCUT2D eigenvalue weighted by molar-refractivity contribution is -0.143. The van der Waals surface area contributed by atoms with Gasteiger partial charge < -0.3 is 10.6 Å². The van der Waals surface area contributed by atoms with Crippen LogP contribution in [0, 0.1) is 47.3 Å². The van der Waals surface area contributed by atoms with Gasteiger partial charge in [-0.25, -0.2) is 0 Å². The predicted molar refractivity (Wildman–Crippen MR) is 212 cm³/mol. The van der Waals surface area contributed by atoms with Crippen molar-refractivity contribution >= 4 is 78.7 Å². The highest BCUT2D eigenvalue weighted by atomic mass is 79.9. The predicted octanol–water partition coefficient (Wildman–Crippen LogP) is 7.96. The van der Waals surface area contributed by atoms with Crippen molar-refractivity contribution in [3.63, 3.8) is 0 Å². The number of anilines is 2. The molecule has 2 N–H and O–H groups in total. The Labute approximate surface area is 334 Å². The van der Waals surface area contributed by atoms with E-state index < -0.39 is 23.7 Å². The van der Waals surface area contributed by atoms with Gasteiger partial charge in [-0.05, 0) is 99.6 Å². The molecule has 8 rings (SSSR count). The molecule has 2 heterocycles. The first kappa shape index (κ1) is 38.9. The zero-order valence-corrected chi connectivity index (χ0v) is 33.8. The topological polar surface area (TPSA) is 133 Å². The van der Waals surface area contributed by atoms with Crippen LogP contribution >= 0.6 is 31.9 Å². The first-order valence-corrected chi connectivity index (χ1v) is 21.5. The van der Waals surface area contributed by atoms with Crippen molar-refractivity contribution in [1.29, 1.82) is 0 Å². The number of nitrogens with one attached hydrogen (secondary N) is 2. The van der Waals surface area contributed by atoms with Gasteiger partial charge in [-0.1, -0.05) is 82.5 Å². The van der Waals surface area contributed by atoms with E-state index in [-0.39, 0.29) is 47.3 Å². The lowest BCUT2D eigenvalue weighted by Gasteiger charge is -2.26. The fourth-order valence-corrected chi connectivity index (χ4v) is 10.8. The van der Waals surface area contributed by atoms with E-state index >= 15 is 0 Å². The van der Waals surface area contributed by atoms with Gasteiger partial charge in [-0.3, -0.25) is 38.6 Å². The second-order valence-corrected chi connectivity index (χ2v) is 18.0. The molecular formula is C42H50Br2N4O6. The lowest BCUT2D eigenvalue weighted by atomic mass is 9.88. The summed E-state index contributed by atoms with van der Waals surface area (Å²) in [5.41, 5.74) is 1.40. The maximum Gasteiger partial charge on any atom is 0.233 e. The third kappa shape index (κ3) is 8.39. The SMILES string of the molecule is O=C(Nc1cccc(Br)c1)[C@@H]1CC[C@@H]2C(=O)N(CC3CCCCC3)C(=O)[C@@H]21.O=C(Nc1cccc(Br)c1)[C@H]1CC[C@H]2C(=O)N(CC3CCCCC3)C(=O)[C@@H]12. The number of rotatable bonds is 8. The van der Waals surface area contributed by atoms with Crippen LogP contribution in [0.2, 0.25) is 0 Å². The zero-order valence-electron chi connectivity index (χ0n) is 30.7.